The number of esters is 1. The van der Waals surface area contributed by atoms with Gasteiger partial charge in [0.15, 0.2) is 6.10 Å². The molecule has 2 aliphatic rings. The molecule has 37 heavy (non-hydrogen) atoms. The van der Waals surface area contributed by atoms with Crippen LogP contribution in [-0.4, -0.2) is 58.3 Å². The van der Waals surface area contributed by atoms with Crippen LogP contribution >= 0.6 is 0 Å². The number of rotatable bonds is 5. The maximum absolute atomic E-state index is 14.2. The van der Waals surface area contributed by atoms with Crippen molar-refractivity contribution in [2.75, 3.05) is 18.5 Å². The average Bonchev–Trinajstić information content (AvgIpc) is 3.54. The van der Waals surface area contributed by atoms with Crippen molar-refractivity contribution in [1.29, 1.82) is 0 Å². The van der Waals surface area contributed by atoms with Gasteiger partial charge in [-0.2, -0.15) is 0 Å². The Bertz CT molecular complexity index is 1500. The van der Waals surface area contributed by atoms with Gasteiger partial charge in [0.25, 0.3) is 0 Å². The molecule has 7 nitrogen and oxygen atoms in total. The van der Waals surface area contributed by atoms with Crippen molar-refractivity contribution < 1.29 is 23.4 Å². The largest absolute Gasteiger partial charge is 0.489 e. The topological polar surface area (TPSA) is 74.6 Å². The number of nitrogens with zero attached hydrogens (tertiary/aromatic N) is 2. The molecule has 0 aliphatic carbocycles. The molecule has 6 rings (SSSR count). The molecule has 2 aliphatic heterocycles. The number of aromatic nitrogens is 2. The predicted octanol–water partition coefficient (Wildman–Crippen LogP) is 5.45. The van der Waals surface area contributed by atoms with Crippen molar-refractivity contribution in [2.45, 2.75) is 38.8 Å². The van der Waals surface area contributed by atoms with Gasteiger partial charge in [0.1, 0.15) is 36.4 Å². The number of carbonyl (C=O) groups excluding carboxylic acids is 1. The number of hydrogen-bond donors (Lipinski definition) is 1. The number of imidazole rings is 1. The first-order valence-electron chi connectivity index (χ1n) is 12.0. The zero-order valence-corrected chi connectivity index (χ0v) is 23.2. The number of nitrogens with one attached hydrogen (secondary N) is 1. The second-order valence-electron chi connectivity index (χ2n) is 9.46. The number of para-hydroxylation sites is 1. The van der Waals surface area contributed by atoms with Crippen molar-refractivity contribution >= 4 is 52.2 Å². The second-order valence-corrected chi connectivity index (χ2v) is 9.46. The number of anilines is 1. The van der Waals surface area contributed by atoms with E-state index in [1.54, 1.807) is 6.07 Å². The molecule has 0 unspecified atom stereocenters. The molecule has 185 valence electrons. The van der Waals surface area contributed by atoms with E-state index in [4.69, 9.17) is 19.2 Å². The molecule has 0 spiro atoms. The SMILES string of the molecule is CC(=O)O[C@@H]1COc2cc(N[C@@H]3COc4c3cccc4-n3c(C(C)C)nc4ccc(F)cc43)ccc21.[Na]. The molecule has 0 bridgehead atoms. The molecule has 0 saturated heterocycles. The van der Waals surface area contributed by atoms with Crippen LogP contribution in [0.2, 0.25) is 0 Å². The zero-order valence-electron chi connectivity index (χ0n) is 21.2. The Labute approximate surface area is 236 Å². The summed E-state index contributed by atoms with van der Waals surface area (Å²) in [6.07, 6.45) is -0.380. The Balaban J connectivity index is 0.00000280. The maximum atomic E-state index is 14.2. The van der Waals surface area contributed by atoms with Crippen molar-refractivity contribution in [3.8, 4) is 17.2 Å². The Morgan fingerprint density at radius 1 is 1.11 bits per heavy atom. The van der Waals surface area contributed by atoms with Crippen molar-refractivity contribution in [3.63, 3.8) is 0 Å². The molecule has 9 heteroatoms. The van der Waals surface area contributed by atoms with Gasteiger partial charge in [0, 0.05) is 71.3 Å². The summed E-state index contributed by atoms with van der Waals surface area (Å²) in [5.74, 6) is 1.81. The van der Waals surface area contributed by atoms with E-state index >= 15 is 0 Å². The van der Waals surface area contributed by atoms with Gasteiger partial charge >= 0.3 is 5.97 Å². The van der Waals surface area contributed by atoms with Crippen LogP contribution in [0.15, 0.2) is 54.6 Å². The molecular formula is C28H26FN3NaO4. The van der Waals surface area contributed by atoms with Crippen LogP contribution in [0.5, 0.6) is 11.5 Å². The number of ether oxygens (including phenoxy) is 3. The minimum atomic E-state index is -0.380. The van der Waals surface area contributed by atoms with E-state index in [0.717, 1.165) is 39.6 Å². The molecule has 2 atom stereocenters. The fourth-order valence-corrected chi connectivity index (χ4v) is 5.00. The van der Waals surface area contributed by atoms with Gasteiger partial charge < -0.3 is 19.5 Å². The molecule has 0 amide bonds. The maximum Gasteiger partial charge on any atom is 0.303 e. The molecule has 3 heterocycles. The summed E-state index contributed by atoms with van der Waals surface area (Å²) < 4.78 is 33.5. The monoisotopic (exact) mass is 510 g/mol. The normalized spacial score (nSPS) is 17.5. The molecule has 1 radical (unpaired) electrons. The van der Waals surface area contributed by atoms with Gasteiger partial charge in [-0.3, -0.25) is 9.36 Å². The summed E-state index contributed by atoms with van der Waals surface area (Å²) >= 11 is 0. The van der Waals surface area contributed by atoms with Crippen LogP contribution in [0.1, 0.15) is 55.8 Å². The second kappa shape index (κ2) is 10.0. The summed E-state index contributed by atoms with van der Waals surface area (Å²) in [6, 6.07) is 16.4. The standard InChI is InChI=1S/C28H26FN3O4.Na/c1-15(2)28-31-21-10-7-17(29)11-24(21)32(28)23-6-4-5-19-22(13-35-27(19)23)30-18-8-9-20-25(12-18)34-14-26(20)36-16(3)33;/h4-12,15,22,26,30H,13-14H2,1-3H3;/t22-,26-;/m1./s1. The first-order chi connectivity index (χ1) is 17.4. The number of hydrogen-bond acceptors (Lipinski definition) is 6. The first-order valence-corrected chi connectivity index (χ1v) is 12.0. The third-order valence-electron chi connectivity index (χ3n) is 6.59. The van der Waals surface area contributed by atoms with E-state index < -0.39 is 0 Å². The smallest absolute Gasteiger partial charge is 0.303 e. The molecule has 0 saturated carbocycles. The van der Waals surface area contributed by atoms with Gasteiger partial charge in [-0.1, -0.05) is 26.0 Å². The van der Waals surface area contributed by atoms with Crippen molar-refractivity contribution in [1.82, 2.24) is 9.55 Å². The first kappa shape index (κ1) is 25.6. The summed E-state index contributed by atoms with van der Waals surface area (Å²) in [5.41, 5.74) is 5.05. The summed E-state index contributed by atoms with van der Waals surface area (Å²) in [7, 11) is 0. The van der Waals surface area contributed by atoms with E-state index in [9.17, 15) is 9.18 Å². The average molecular weight is 511 g/mol. The third-order valence-corrected chi connectivity index (χ3v) is 6.59. The minimum absolute atomic E-state index is 0. The molecule has 1 N–H and O–H groups in total. The van der Waals surface area contributed by atoms with Crippen LogP contribution in [0.3, 0.4) is 0 Å². The van der Waals surface area contributed by atoms with Crippen LogP contribution in [0.25, 0.3) is 16.7 Å². The van der Waals surface area contributed by atoms with Crippen LogP contribution in [-0.2, 0) is 9.53 Å². The fourth-order valence-electron chi connectivity index (χ4n) is 5.00. The Morgan fingerprint density at radius 3 is 2.73 bits per heavy atom. The van der Waals surface area contributed by atoms with Crippen molar-refractivity contribution in [3.05, 3.63) is 77.4 Å². The van der Waals surface area contributed by atoms with Gasteiger partial charge in [0.05, 0.1) is 22.8 Å². The zero-order chi connectivity index (χ0) is 25.0. The van der Waals surface area contributed by atoms with Gasteiger partial charge in [-0.05, 0) is 30.3 Å². The molecular weight excluding hydrogens is 484 g/mol. The Kier molecular flexibility index (Phi) is 6.91. The number of halogens is 1. The molecule has 4 aromatic rings. The van der Waals surface area contributed by atoms with Gasteiger partial charge in [0.2, 0.25) is 0 Å². The van der Waals surface area contributed by atoms with E-state index in [0.29, 0.717) is 24.5 Å². The number of carbonyl (C=O) groups is 1. The number of fused-ring (bicyclic) bond motifs is 3. The minimum Gasteiger partial charge on any atom is -0.489 e. The van der Waals surface area contributed by atoms with Crippen LogP contribution in [0, 0.1) is 5.82 Å². The summed E-state index contributed by atoms with van der Waals surface area (Å²) in [5, 5.41) is 3.54. The summed E-state index contributed by atoms with van der Waals surface area (Å²) in [6.45, 7) is 6.30. The molecule has 0 fully saturated rings. The van der Waals surface area contributed by atoms with E-state index in [1.165, 1.54) is 19.1 Å². The van der Waals surface area contributed by atoms with Crippen LogP contribution < -0.4 is 14.8 Å². The third kappa shape index (κ3) is 4.58. The fraction of sp³-hybridized carbons (Fsp3) is 0.286. The van der Waals surface area contributed by atoms with E-state index in [1.807, 2.05) is 41.0 Å². The number of benzene rings is 3. The summed E-state index contributed by atoms with van der Waals surface area (Å²) in [4.78, 5) is 16.1. The molecule has 3 aromatic carbocycles. The van der Waals surface area contributed by atoms with Gasteiger partial charge in [-0.25, -0.2) is 9.37 Å². The van der Waals surface area contributed by atoms with Crippen LogP contribution in [0.4, 0.5) is 10.1 Å². The molecule has 1 aromatic heterocycles. The van der Waals surface area contributed by atoms with Crippen molar-refractivity contribution in [2.24, 2.45) is 0 Å². The Hall–Kier alpha value is -3.07. The van der Waals surface area contributed by atoms with Gasteiger partial charge in [-0.15, -0.1) is 0 Å². The quantitative estimate of drug-likeness (QED) is 0.284. The predicted molar refractivity (Wildman–Crippen MR) is 139 cm³/mol. The van der Waals surface area contributed by atoms with E-state index in [2.05, 4.69) is 19.2 Å². The van der Waals surface area contributed by atoms with E-state index in [-0.39, 0.29) is 59.4 Å². The Morgan fingerprint density at radius 2 is 1.95 bits per heavy atom.